The van der Waals surface area contributed by atoms with Crippen LogP contribution in [0.3, 0.4) is 0 Å². The van der Waals surface area contributed by atoms with Gasteiger partial charge in [0.25, 0.3) is 5.91 Å². The zero-order valence-electron chi connectivity index (χ0n) is 11.8. The molecule has 1 saturated heterocycles. The van der Waals surface area contributed by atoms with E-state index in [1.807, 2.05) is 6.92 Å². The van der Waals surface area contributed by atoms with E-state index in [1.54, 1.807) is 18.3 Å². The van der Waals surface area contributed by atoms with Gasteiger partial charge in [-0.05, 0) is 31.9 Å². The Hall–Kier alpha value is -1.79. The molecule has 21 heavy (non-hydrogen) atoms. The van der Waals surface area contributed by atoms with E-state index < -0.39 is 12.1 Å². The predicted molar refractivity (Wildman–Crippen MR) is 73.1 cm³/mol. The lowest BCUT2D eigenvalue weighted by Gasteiger charge is -2.32. The van der Waals surface area contributed by atoms with E-state index in [2.05, 4.69) is 10.3 Å². The normalized spacial score (nSPS) is 16.9. The van der Waals surface area contributed by atoms with Gasteiger partial charge in [0.2, 0.25) is 0 Å². The predicted octanol–water partition coefficient (Wildman–Crippen LogP) is 2.93. The third kappa shape index (κ3) is 3.86. The highest BCUT2D eigenvalue weighted by Gasteiger charge is 2.41. The molecule has 2 rings (SSSR count). The maximum atomic E-state index is 12.6. The fraction of sp³-hybridized carbons (Fsp3) is 0.571. The Kier molecular flexibility index (Phi) is 4.69. The van der Waals surface area contributed by atoms with Crippen molar-refractivity contribution < 1.29 is 18.0 Å². The molecule has 0 bridgehead atoms. The van der Waals surface area contributed by atoms with Gasteiger partial charge in [-0.3, -0.25) is 4.79 Å². The van der Waals surface area contributed by atoms with Gasteiger partial charge < -0.3 is 10.2 Å². The van der Waals surface area contributed by atoms with Gasteiger partial charge in [-0.25, -0.2) is 4.98 Å². The van der Waals surface area contributed by atoms with Crippen molar-refractivity contribution in [1.82, 2.24) is 9.88 Å². The molecule has 0 saturated carbocycles. The number of anilines is 1. The summed E-state index contributed by atoms with van der Waals surface area (Å²) in [4.78, 5) is 17.7. The molecule has 1 aliphatic heterocycles. The lowest BCUT2D eigenvalue weighted by atomic mass is 9.96. The summed E-state index contributed by atoms with van der Waals surface area (Å²) in [5.41, 5.74) is 1.08. The van der Waals surface area contributed by atoms with Crippen LogP contribution in [0.15, 0.2) is 18.3 Å². The van der Waals surface area contributed by atoms with Gasteiger partial charge in [0.05, 0.1) is 17.8 Å². The SMILES string of the molecule is CCNc1ccc(C(=O)N2CCC(C(F)(F)F)CC2)nc1. The summed E-state index contributed by atoms with van der Waals surface area (Å²) in [5.74, 6) is -1.61. The molecule has 1 fully saturated rings. The second-order valence-electron chi connectivity index (χ2n) is 5.07. The van der Waals surface area contributed by atoms with Gasteiger partial charge >= 0.3 is 6.18 Å². The number of hydrogen-bond acceptors (Lipinski definition) is 3. The first-order valence-corrected chi connectivity index (χ1v) is 6.97. The smallest absolute Gasteiger partial charge is 0.384 e. The monoisotopic (exact) mass is 301 g/mol. The summed E-state index contributed by atoms with van der Waals surface area (Å²) in [7, 11) is 0. The minimum atomic E-state index is -4.17. The molecule has 2 heterocycles. The average Bonchev–Trinajstić information content (AvgIpc) is 2.47. The molecule has 4 nitrogen and oxygen atoms in total. The van der Waals surface area contributed by atoms with Crippen molar-refractivity contribution in [2.45, 2.75) is 25.9 Å². The molecule has 0 atom stereocenters. The first-order valence-electron chi connectivity index (χ1n) is 6.97. The highest BCUT2D eigenvalue weighted by Crippen LogP contribution is 2.34. The number of nitrogens with zero attached hydrogens (tertiary/aromatic N) is 2. The number of alkyl halides is 3. The van der Waals surface area contributed by atoms with E-state index in [4.69, 9.17) is 0 Å². The Morgan fingerprint density at radius 2 is 2.05 bits per heavy atom. The number of pyridine rings is 1. The number of carbonyl (C=O) groups excluding carboxylic acids is 1. The molecule has 1 N–H and O–H groups in total. The molecule has 0 radical (unpaired) electrons. The van der Waals surface area contributed by atoms with E-state index in [1.165, 1.54) is 4.90 Å². The number of likely N-dealkylation sites (tertiary alicyclic amines) is 1. The minimum absolute atomic E-state index is 0.0370. The molecule has 0 spiro atoms. The second-order valence-corrected chi connectivity index (χ2v) is 5.07. The highest BCUT2D eigenvalue weighted by molar-refractivity contribution is 5.92. The molecule has 0 aromatic carbocycles. The number of aromatic nitrogens is 1. The summed E-state index contributed by atoms with van der Waals surface area (Å²) in [6, 6.07) is 3.34. The van der Waals surface area contributed by atoms with Crippen molar-refractivity contribution in [3.05, 3.63) is 24.0 Å². The number of halogens is 3. The fourth-order valence-corrected chi connectivity index (χ4v) is 2.40. The van der Waals surface area contributed by atoms with Gasteiger partial charge in [-0.15, -0.1) is 0 Å². The van der Waals surface area contributed by atoms with E-state index >= 15 is 0 Å². The Morgan fingerprint density at radius 1 is 1.38 bits per heavy atom. The van der Waals surface area contributed by atoms with Gasteiger partial charge in [-0.1, -0.05) is 0 Å². The van der Waals surface area contributed by atoms with Crippen molar-refractivity contribution in [3.63, 3.8) is 0 Å². The molecule has 1 aliphatic rings. The molecule has 116 valence electrons. The minimum Gasteiger partial charge on any atom is -0.384 e. The number of hydrogen-bond donors (Lipinski definition) is 1. The van der Waals surface area contributed by atoms with Crippen molar-refractivity contribution in [2.75, 3.05) is 25.0 Å². The van der Waals surface area contributed by atoms with Crippen LogP contribution in [0.25, 0.3) is 0 Å². The van der Waals surface area contributed by atoms with Gasteiger partial charge in [0.1, 0.15) is 5.69 Å². The molecule has 0 unspecified atom stereocenters. The third-order valence-corrected chi connectivity index (χ3v) is 3.61. The van der Waals surface area contributed by atoms with Crippen LogP contribution in [-0.2, 0) is 0 Å². The van der Waals surface area contributed by atoms with Crippen molar-refractivity contribution in [2.24, 2.45) is 5.92 Å². The van der Waals surface area contributed by atoms with E-state index in [0.717, 1.165) is 12.2 Å². The number of carbonyl (C=O) groups is 1. The Morgan fingerprint density at radius 3 is 2.52 bits per heavy atom. The van der Waals surface area contributed by atoms with Crippen LogP contribution in [0.4, 0.5) is 18.9 Å². The summed E-state index contributed by atoms with van der Waals surface area (Å²) in [6.45, 7) is 2.95. The maximum Gasteiger partial charge on any atom is 0.391 e. The number of amides is 1. The number of piperidine rings is 1. The van der Waals surface area contributed by atoms with Gasteiger partial charge in [0.15, 0.2) is 0 Å². The molecule has 7 heteroatoms. The summed E-state index contributed by atoms with van der Waals surface area (Å²) >= 11 is 0. The van der Waals surface area contributed by atoms with Crippen LogP contribution in [0.2, 0.25) is 0 Å². The van der Waals surface area contributed by atoms with Crippen LogP contribution >= 0.6 is 0 Å². The average molecular weight is 301 g/mol. The van der Waals surface area contributed by atoms with Crippen LogP contribution < -0.4 is 5.32 Å². The summed E-state index contributed by atoms with van der Waals surface area (Å²) in [6.07, 6.45) is -2.69. The molecule has 1 aromatic rings. The Bertz CT molecular complexity index is 479. The topological polar surface area (TPSA) is 45.2 Å². The standard InChI is InChI=1S/C14H18F3N3O/c1-2-18-11-3-4-12(19-9-11)13(21)20-7-5-10(6-8-20)14(15,16)17/h3-4,9-10,18H,2,5-8H2,1H3. The zero-order chi connectivity index (χ0) is 15.5. The van der Waals surface area contributed by atoms with E-state index in [-0.39, 0.29) is 37.5 Å². The maximum absolute atomic E-state index is 12.6. The molecular formula is C14H18F3N3O. The van der Waals surface area contributed by atoms with Crippen molar-refractivity contribution in [1.29, 1.82) is 0 Å². The van der Waals surface area contributed by atoms with Crippen molar-refractivity contribution >= 4 is 11.6 Å². The van der Waals surface area contributed by atoms with E-state index in [0.29, 0.717) is 0 Å². The third-order valence-electron chi connectivity index (χ3n) is 3.61. The summed E-state index contributed by atoms with van der Waals surface area (Å²) < 4.78 is 37.8. The fourth-order valence-electron chi connectivity index (χ4n) is 2.40. The molecular weight excluding hydrogens is 283 g/mol. The first kappa shape index (κ1) is 15.6. The number of nitrogens with one attached hydrogen (secondary N) is 1. The van der Waals surface area contributed by atoms with E-state index in [9.17, 15) is 18.0 Å². The van der Waals surface area contributed by atoms with Crippen LogP contribution in [0.1, 0.15) is 30.3 Å². The molecule has 1 aromatic heterocycles. The molecule has 1 amide bonds. The van der Waals surface area contributed by atoms with Gasteiger partial charge in [0, 0.05) is 19.6 Å². The highest BCUT2D eigenvalue weighted by atomic mass is 19.4. The zero-order valence-corrected chi connectivity index (χ0v) is 11.8. The lowest BCUT2D eigenvalue weighted by molar-refractivity contribution is -0.183. The summed E-state index contributed by atoms with van der Waals surface area (Å²) in [5, 5.41) is 3.06. The number of rotatable bonds is 3. The first-order chi connectivity index (χ1) is 9.91. The van der Waals surface area contributed by atoms with Crippen LogP contribution in [0, 0.1) is 5.92 Å². The Balaban J connectivity index is 1.95. The quantitative estimate of drug-likeness (QED) is 0.933. The van der Waals surface area contributed by atoms with Crippen molar-refractivity contribution in [3.8, 4) is 0 Å². The largest absolute Gasteiger partial charge is 0.391 e. The molecule has 0 aliphatic carbocycles. The van der Waals surface area contributed by atoms with Crippen LogP contribution in [0.5, 0.6) is 0 Å². The lowest BCUT2D eigenvalue weighted by Crippen LogP contribution is -2.42. The van der Waals surface area contributed by atoms with Gasteiger partial charge in [-0.2, -0.15) is 13.2 Å². The Labute approximate surface area is 121 Å². The van der Waals surface area contributed by atoms with Crippen LogP contribution in [-0.4, -0.2) is 41.6 Å². The second kappa shape index (κ2) is 6.32.